The number of carbonyl (C=O) groups is 2. The van der Waals surface area contributed by atoms with Crippen LogP contribution in [-0.4, -0.2) is 61.1 Å². The van der Waals surface area contributed by atoms with Crippen molar-refractivity contribution >= 4 is 11.9 Å². The van der Waals surface area contributed by atoms with Gasteiger partial charge in [-0.05, 0) is 0 Å². The van der Waals surface area contributed by atoms with E-state index < -0.39 is 41.4 Å². The van der Waals surface area contributed by atoms with E-state index in [1.807, 2.05) is 0 Å². The minimum absolute atomic E-state index is 0.0161. The van der Waals surface area contributed by atoms with E-state index >= 15 is 0 Å². The minimum atomic E-state index is -0.900. The van der Waals surface area contributed by atoms with Crippen LogP contribution in [0.3, 0.4) is 0 Å². The molecule has 0 unspecified atom stereocenters. The Morgan fingerprint density at radius 2 is 2.05 bits per heavy atom. The Morgan fingerprint density at radius 3 is 2.70 bits per heavy atom. The Morgan fingerprint density at radius 1 is 1.35 bits per heavy atom. The highest BCUT2D eigenvalue weighted by Gasteiger charge is 2.49. The summed E-state index contributed by atoms with van der Waals surface area (Å²) in [6.45, 7) is -0.102. The number of nitrogens with one attached hydrogen (secondary N) is 2. The van der Waals surface area contributed by atoms with Gasteiger partial charge in [0.25, 0.3) is 5.09 Å². The van der Waals surface area contributed by atoms with Crippen molar-refractivity contribution in [1.29, 1.82) is 0 Å². The first-order chi connectivity index (χ1) is 9.47. The molecule has 2 saturated heterocycles. The molecule has 4 atom stereocenters. The number of nitrogens with two attached hydrogens (primary N) is 1. The molecule has 2 aliphatic heterocycles. The van der Waals surface area contributed by atoms with E-state index in [2.05, 4.69) is 15.5 Å². The molecule has 2 rings (SSSR count). The molecule has 11 heteroatoms. The standard InChI is InChI=1S/C9H14N4O7/c10-9(15)11-1-6(14)12-4-2-18-8-5(20-13(16)17)3-19-7(4)8/h4-5,7-8H,1-3H2,(H,12,14)(H3,10,11,15)/t4-,5+,7-,8-/m1/s1. The van der Waals surface area contributed by atoms with E-state index in [9.17, 15) is 19.7 Å². The van der Waals surface area contributed by atoms with Gasteiger partial charge in [-0.2, -0.15) is 0 Å². The van der Waals surface area contributed by atoms with Crippen LogP contribution in [-0.2, 0) is 19.1 Å². The second-order valence-corrected chi connectivity index (χ2v) is 4.36. The number of rotatable bonds is 5. The number of carbonyl (C=O) groups excluding carboxylic acids is 2. The van der Waals surface area contributed by atoms with Crippen LogP contribution in [0.1, 0.15) is 0 Å². The molecule has 0 aliphatic carbocycles. The van der Waals surface area contributed by atoms with Gasteiger partial charge < -0.3 is 30.7 Å². The van der Waals surface area contributed by atoms with Crippen LogP contribution in [0.5, 0.6) is 0 Å². The molecular weight excluding hydrogens is 276 g/mol. The average molecular weight is 290 g/mol. The van der Waals surface area contributed by atoms with Crippen molar-refractivity contribution in [3.8, 4) is 0 Å². The van der Waals surface area contributed by atoms with E-state index in [0.29, 0.717) is 0 Å². The maximum atomic E-state index is 11.5. The van der Waals surface area contributed by atoms with Crippen LogP contribution in [0.2, 0.25) is 0 Å². The van der Waals surface area contributed by atoms with Crippen LogP contribution in [0.4, 0.5) is 4.79 Å². The normalized spacial score (nSPS) is 31.4. The Bertz CT molecular complexity index is 417. The molecule has 20 heavy (non-hydrogen) atoms. The third-order valence-corrected chi connectivity index (χ3v) is 3.00. The second kappa shape index (κ2) is 5.88. The highest BCUT2D eigenvalue weighted by molar-refractivity contribution is 5.83. The highest BCUT2D eigenvalue weighted by Crippen LogP contribution is 2.28. The van der Waals surface area contributed by atoms with E-state index in [1.165, 1.54) is 0 Å². The summed E-state index contributed by atoms with van der Waals surface area (Å²) < 4.78 is 10.7. The van der Waals surface area contributed by atoms with Crippen molar-refractivity contribution in [1.82, 2.24) is 10.6 Å². The molecule has 0 radical (unpaired) electrons. The number of primary amides is 1. The first kappa shape index (κ1) is 14.3. The zero-order valence-electron chi connectivity index (χ0n) is 10.3. The van der Waals surface area contributed by atoms with Crippen LogP contribution < -0.4 is 16.4 Å². The number of amides is 3. The summed E-state index contributed by atoms with van der Waals surface area (Å²) in [5, 5.41) is 14.1. The number of ether oxygens (including phenoxy) is 2. The third-order valence-electron chi connectivity index (χ3n) is 3.00. The molecule has 3 amide bonds. The fraction of sp³-hybridized carbons (Fsp3) is 0.778. The Labute approximate surface area is 112 Å². The number of fused-ring (bicyclic) bond motifs is 1. The Hall–Kier alpha value is -2.14. The van der Waals surface area contributed by atoms with E-state index in [4.69, 9.17) is 15.2 Å². The summed E-state index contributed by atoms with van der Waals surface area (Å²) >= 11 is 0. The Kier molecular flexibility index (Phi) is 4.20. The number of urea groups is 1. The summed E-state index contributed by atoms with van der Waals surface area (Å²) in [6.07, 6.45) is -1.92. The molecule has 4 N–H and O–H groups in total. The maximum Gasteiger partial charge on any atom is 0.312 e. The monoisotopic (exact) mass is 290 g/mol. The fourth-order valence-corrected chi connectivity index (χ4v) is 2.21. The zero-order chi connectivity index (χ0) is 14.7. The minimum Gasteiger partial charge on any atom is -0.371 e. The van der Waals surface area contributed by atoms with Crippen molar-refractivity contribution in [3.05, 3.63) is 10.1 Å². The molecule has 11 nitrogen and oxygen atoms in total. The van der Waals surface area contributed by atoms with Gasteiger partial charge in [-0.25, -0.2) is 4.79 Å². The van der Waals surface area contributed by atoms with Gasteiger partial charge in [-0.3, -0.25) is 4.79 Å². The topological polar surface area (TPSA) is 155 Å². The predicted octanol–water partition coefficient (Wildman–Crippen LogP) is -2.49. The first-order valence-electron chi connectivity index (χ1n) is 5.84. The molecule has 0 saturated carbocycles. The fourth-order valence-electron chi connectivity index (χ4n) is 2.21. The second-order valence-electron chi connectivity index (χ2n) is 4.36. The van der Waals surface area contributed by atoms with Gasteiger partial charge in [0.15, 0.2) is 6.10 Å². The molecule has 2 aliphatic rings. The Balaban J connectivity index is 1.83. The summed E-state index contributed by atoms with van der Waals surface area (Å²) in [7, 11) is 0. The van der Waals surface area contributed by atoms with Crippen molar-refractivity contribution in [2.75, 3.05) is 19.8 Å². The highest BCUT2D eigenvalue weighted by atomic mass is 17.0. The van der Waals surface area contributed by atoms with Crippen molar-refractivity contribution < 1.29 is 29.0 Å². The van der Waals surface area contributed by atoms with Gasteiger partial charge in [-0.1, -0.05) is 0 Å². The van der Waals surface area contributed by atoms with Crippen molar-refractivity contribution in [2.45, 2.75) is 24.4 Å². The van der Waals surface area contributed by atoms with E-state index in [0.717, 1.165) is 0 Å². The third kappa shape index (κ3) is 3.24. The van der Waals surface area contributed by atoms with Crippen LogP contribution in [0.15, 0.2) is 0 Å². The average Bonchev–Trinajstić information content (AvgIpc) is 2.91. The SMILES string of the molecule is NC(=O)NCC(=O)N[C@@H]1CO[C@H]2[C@@H]1OC[C@@H]2O[N+](=O)[O-]. The quantitative estimate of drug-likeness (QED) is 0.373. The molecule has 0 spiro atoms. The van der Waals surface area contributed by atoms with Gasteiger partial charge in [-0.15, -0.1) is 10.1 Å². The van der Waals surface area contributed by atoms with Gasteiger partial charge in [0, 0.05) is 0 Å². The molecular formula is C9H14N4O7. The maximum absolute atomic E-state index is 11.5. The van der Waals surface area contributed by atoms with Crippen LogP contribution in [0, 0.1) is 10.1 Å². The van der Waals surface area contributed by atoms with Gasteiger partial charge in [0.05, 0.1) is 25.8 Å². The lowest BCUT2D eigenvalue weighted by Crippen LogP contribution is -2.48. The molecule has 0 bridgehead atoms. The van der Waals surface area contributed by atoms with Crippen molar-refractivity contribution in [2.24, 2.45) is 5.73 Å². The molecule has 0 aromatic rings. The first-order valence-corrected chi connectivity index (χ1v) is 5.84. The van der Waals surface area contributed by atoms with Gasteiger partial charge >= 0.3 is 6.03 Å². The zero-order valence-corrected chi connectivity index (χ0v) is 10.3. The lowest BCUT2D eigenvalue weighted by molar-refractivity contribution is -0.769. The molecule has 2 heterocycles. The summed E-state index contributed by atoms with van der Waals surface area (Å²) in [5.74, 6) is -0.458. The summed E-state index contributed by atoms with van der Waals surface area (Å²) in [4.78, 5) is 36.7. The van der Waals surface area contributed by atoms with Gasteiger partial charge in [0.2, 0.25) is 5.91 Å². The van der Waals surface area contributed by atoms with Gasteiger partial charge in [0.1, 0.15) is 12.2 Å². The largest absolute Gasteiger partial charge is 0.371 e. The van der Waals surface area contributed by atoms with Crippen LogP contribution >= 0.6 is 0 Å². The lowest BCUT2D eigenvalue weighted by Gasteiger charge is -2.17. The molecule has 112 valence electrons. The molecule has 2 fully saturated rings. The predicted molar refractivity (Wildman–Crippen MR) is 60.9 cm³/mol. The molecule has 0 aromatic heterocycles. The molecule has 0 aromatic carbocycles. The summed E-state index contributed by atoms with van der Waals surface area (Å²) in [6, 6.07) is -1.26. The number of hydrogen-bond acceptors (Lipinski definition) is 7. The van der Waals surface area contributed by atoms with Crippen molar-refractivity contribution in [3.63, 3.8) is 0 Å². The van der Waals surface area contributed by atoms with Crippen LogP contribution in [0.25, 0.3) is 0 Å². The number of hydrogen-bond donors (Lipinski definition) is 3. The van der Waals surface area contributed by atoms with E-state index in [-0.39, 0.29) is 19.8 Å². The lowest BCUT2D eigenvalue weighted by atomic mass is 10.1. The number of nitrogens with zero attached hydrogens (tertiary/aromatic N) is 1. The van der Waals surface area contributed by atoms with E-state index in [1.54, 1.807) is 0 Å². The summed E-state index contributed by atoms with van der Waals surface area (Å²) in [5.41, 5.74) is 4.84. The smallest absolute Gasteiger partial charge is 0.312 e.